The highest BCUT2D eigenvalue weighted by molar-refractivity contribution is 7.89. The topological polar surface area (TPSA) is 65.1 Å². The minimum Gasteiger partial charge on any atom is -0.493 e. The number of hydrogen-bond acceptors (Lipinski definition) is 5. The predicted molar refractivity (Wildman–Crippen MR) is 132 cm³/mol. The Morgan fingerprint density at radius 1 is 0.853 bits per heavy atom. The summed E-state index contributed by atoms with van der Waals surface area (Å²) in [6, 6.07) is 21.1. The van der Waals surface area contributed by atoms with E-state index in [-0.39, 0.29) is 4.90 Å². The number of sulfonamides is 1. The number of hydrogen-bond donors (Lipinski definition) is 0. The molecule has 0 bridgehead atoms. The number of methoxy groups -OCH3 is 2. The first-order chi connectivity index (χ1) is 16.4. The zero-order valence-corrected chi connectivity index (χ0v) is 20.0. The summed E-state index contributed by atoms with van der Waals surface area (Å²) in [4.78, 5) is 0.194. The van der Waals surface area contributed by atoms with Gasteiger partial charge in [0.2, 0.25) is 10.0 Å². The molecule has 1 spiro atoms. The highest BCUT2D eigenvalue weighted by atomic mass is 32.2. The van der Waals surface area contributed by atoms with Crippen LogP contribution in [0, 0.1) is 0 Å². The minimum atomic E-state index is -3.65. The average molecular weight is 478 g/mol. The molecule has 0 aliphatic carbocycles. The summed E-state index contributed by atoms with van der Waals surface area (Å²) in [6.07, 6.45) is 5.35. The summed E-state index contributed by atoms with van der Waals surface area (Å²) < 4.78 is 45.0. The molecule has 0 radical (unpaired) electrons. The van der Waals surface area contributed by atoms with Crippen molar-refractivity contribution in [3.05, 3.63) is 78.4 Å². The van der Waals surface area contributed by atoms with E-state index in [0.29, 0.717) is 37.4 Å². The number of benzene rings is 3. The number of piperidine rings is 1. The fourth-order valence-electron chi connectivity index (χ4n) is 4.58. The summed E-state index contributed by atoms with van der Waals surface area (Å²) in [6.45, 7) is 0.747. The van der Waals surface area contributed by atoms with E-state index in [1.165, 1.54) is 24.6 Å². The number of fused-ring (bicyclic) bond motifs is 1. The van der Waals surface area contributed by atoms with E-state index in [2.05, 4.69) is 36.4 Å². The van der Waals surface area contributed by atoms with Gasteiger partial charge in [-0.1, -0.05) is 42.5 Å². The molecule has 5 rings (SSSR count). The maximum atomic E-state index is 13.3. The van der Waals surface area contributed by atoms with Gasteiger partial charge < -0.3 is 14.2 Å². The smallest absolute Gasteiger partial charge is 0.243 e. The molecule has 6 nitrogen and oxygen atoms in total. The lowest BCUT2D eigenvalue weighted by Crippen LogP contribution is -2.49. The van der Waals surface area contributed by atoms with Gasteiger partial charge in [-0.2, -0.15) is 4.31 Å². The summed E-state index contributed by atoms with van der Waals surface area (Å²) in [7, 11) is -0.639. The highest BCUT2D eigenvalue weighted by Gasteiger charge is 2.40. The van der Waals surface area contributed by atoms with Crippen LogP contribution in [-0.4, -0.2) is 45.6 Å². The molecule has 0 N–H and O–H groups in total. The summed E-state index contributed by atoms with van der Waals surface area (Å²) in [5.74, 6) is 1.72. The summed E-state index contributed by atoms with van der Waals surface area (Å²) >= 11 is 0. The third-order valence-corrected chi connectivity index (χ3v) is 8.45. The second kappa shape index (κ2) is 8.81. The molecule has 1 fully saturated rings. The van der Waals surface area contributed by atoms with Crippen LogP contribution < -0.4 is 14.2 Å². The van der Waals surface area contributed by atoms with E-state index < -0.39 is 15.6 Å². The van der Waals surface area contributed by atoms with Crippen LogP contribution >= 0.6 is 0 Å². The zero-order chi connectivity index (χ0) is 23.8. The summed E-state index contributed by atoms with van der Waals surface area (Å²) in [5, 5.41) is 0. The second-order valence-electron chi connectivity index (χ2n) is 8.54. The number of ether oxygens (including phenoxy) is 3. The van der Waals surface area contributed by atoms with Crippen LogP contribution in [0.5, 0.6) is 17.2 Å². The van der Waals surface area contributed by atoms with E-state index in [1.807, 2.05) is 24.3 Å². The maximum absolute atomic E-state index is 13.3. The molecule has 3 aromatic rings. The van der Waals surface area contributed by atoms with Crippen molar-refractivity contribution in [1.29, 1.82) is 0 Å². The van der Waals surface area contributed by atoms with Gasteiger partial charge in [-0.25, -0.2) is 8.42 Å². The third-order valence-electron chi connectivity index (χ3n) is 6.56. The van der Waals surface area contributed by atoms with Crippen LogP contribution in [-0.2, 0) is 10.0 Å². The van der Waals surface area contributed by atoms with Gasteiger partial charge >= 0.3 is 0 Å². The fraction of sp³-hybridized carbons (Fsp3) is 0.259. The third kappa shape index (κ3) is 4.06. The van der Waals surface area contributed by atoms with E-state index >= 15 is 0 Å². The predicted octanol–water partition coefficient (Wildman–Crippen LogP) is 5.00. The first kappa shape index (κ1) is 22.5. The van der Waals surface area contributed by atoms with Crippen LogP contribution in [0.15, 0.2) is 77.7 Å². The van der Waals surface area contributed by atoms with Gasteiger partial charge in [0.25, 0.3) is 0 Å². The quantitative estimate of drug-likeness (QED) is 0.517. The molecular weight excluding hydrogens is 450 g/mol. The number of rotatable bonds is 5. The Morgan fingerprint density at radius 2 is 1.59 bits per heavy atom. The van der Waals surface area contributed by atoms with Gasteiger partial charge in [0, 0.05) is 37.6 Å². The van der Waals surface area contributed by atoms with Crippen molar-refractivity contribution in [2.45, 2.75) is 23.3 Å². The van der Waals surface area contributed by atoms with Gasteiger partial charge in [0.1, 0.15) is 11.4 Å². The molecule has 34 heavy (non-hydrogen) atoms. The Labute approximate surface area is 200 Å². The minimum absolute atomic E-state index is 0.194. The second-order valence-corrected chi connectivity index (χ2v) is 10.5. The lowest BCUT2D eigenvalue weighted by molar-refractivity contribution is 0.0620. The van der Waals surface area contributed by atoms with Crippen molar-refractivity contribution in [2.75, 3.05) is 27.3 Å². The van der Waals surface area contributed by atoms with Crippen molar-refractivity contribution in [2.24, 2.45) is 0 Å². The van der Waals surface area contributed by atoms with Crippen LogP contribution in [0.2, 0.25) is 0 Å². The van der Waals surface area contributed by atoms with Crippen LogP contribution in [0.1, 0.15) is 18.4 Å². The molecule has 2 aliphatic rings. The molecular formula is C27H27NO5S. The van der Waals surface area contributed by atoms with E-state index in [0.717, 1.165) is 22.4 Å². The normalized spacial score (nSPS) is 17.1. The van der Waals surface area contributed by atoms with Crippen LogP contribution in [0.3, 0.4) is 0 Å². The molecule has 3 aromatic carbocycles. The monoisotopic (exact) mass is 477 g/mol. The van der Waals surface area contributed by atoms with Crippen LogP contribution in [0.25, 0.3) is 17.2 Å². The zero-order valence-electron chi connectivity index (χ0n) is 19.2. The standard InChI is InChI=1S/C27H27NO5S/c1-31-25-11-9-23(19-26(25)32-2)34(29,30)28-16-14-27(15-17-28)13-12-22-18-21(8-10-24(22)33-27)20-6-4-3-5-7-20/h3-13,18-19H,14-17H2,1-2H3. The molecule has 7 heteroatoms. The highest BCUT2D eigenvalue weighted by Crippen LogP contribution is 2.40. The average Bonchev–Trinajstić information content (AvgIpc) is 2.88. The molecule has 0 atom stereocenters. The molecule has 2 heterocycles. The molecule has 1 saturated heterocycles. The Balaban J connectivity index is 1.32. The maximum Gasteiger partial charge on any atom is 0.243 e. The molecule has 176 valence electrons. The van der Waals surface area contributed by atoms with Gasteiger partial charge in [-0.15, -0.1) is 0 Å². The van der Waals surface area contributed by atoms with Crippen molar-refractivity contribution >= 4 is 16.1 Å². The summed E-state index contributed by atoms with van der Waals surface area (Å²) in [5.41, 5.74) is 2.84. The molecule has 0 aromatic heterocycles. The number of nitrogens with zero attached hydrogens (tertiary/aromatic N) is 1. The van der Waals surface area contributed by atoms with Crippen molar-refractivity contribution < 1.29 is 22.6 Å². The largest absolute Gasteiger partial charge is 0.493 e. The Kier molecular flexibility index (Phi) is 5.83. The van der Waals surface area contributed by atoms with Gasteiger partial charge in [0.05, 0.1) is 19.1 Å². The Morgan fingerprint density at radius 3 is 2.29 bits per heavy atom. The Hall–Kier alpha value is -3.29. The molecule has 0 saturated carbocycles. The molecule has 0 unspecified atom stereocenters. The van der Waals surface area contributed by atoms with Gasteiger partial charge in [0.15, 0.2) is 11.5 Å². The lowest BCUT2D eigenvalue weighted by atomic mass is 9.88. The van der Waals surface area contributed by atoms with Crippen molar-refractivity contribution in [3.8, 4) is 28.4 Å². The fourth-order valence-corrected chi connectivity index (χ4v) is 6.03. The molecule has 2 aliphatic heterocycles. The van der Waals surface area contributed by atoms with Crippen molar-refractivity contribution in [1.82, 2.24) is 4.31 Å². The lowest BCUT2D eigenvalue weighted by Gasteiger charge is -2.41. The van der Waals surface area contributed by atoms with E-state index in [1.54, 1.807) is 12.1 Å². The van der Waals surface area contributed by atoms with E-state index in [9.17, 15) is 8.42 Å². The van der Waals surface area contributed by atoms with Gasteiger partial charge in [-0.3, -0.25) is 0 Å². The SMILES string of the molecule is COc1ccc(S(=O)(=O)N2CCC3(C=Cc4cc(-c5ccccc5)ccc4O3)CC2)cc1OC. The molecule has 0 amide bonds. The Bertz CT molecular complexity index is 1330. The first-order valence-corrected chi connectivity index (χ1v) is 12.7. The van der Waals surface area contributed by atoms with Crippen LogP contribution in [0.4, 0.5) is 0 Å². The van der Waals surface area contributed by atoms with Crippen molar-refractivity contribution in [3.63, 3.8) is 0 Å². The van der Waals surface area contributed by atoms with Gasteiger partial charge in [-0.05, 0) is 41.5 Å². The first-order valence-electron chi connectivity index (χ1n) is 11.2. The van der Waals surface area contributed by atoms with E-state index in [4.69, 9.17) is 14.2 Å².